The molecule has 1 saturated heterocycles. The largest absolute Gasteiger partial charge is 0.490 e. The Balaban J connectivity index is 1.52. The van der Waals surface area contributed by atoms with Crippen molar-refractivity contribution in [3.05, 3.63) is 94.1 Å². The topological polar surface area (TPSA) is 105 Å². The summed E-state index contributed by atoms with van der Waals surface area (Å²) in [7, 11) is 0. The molecule has 9 heteroatoms. The first-order valence-electron chi connectivity index (χ1n) is 10.7. The lowest BCUT2D eigenvalue weighted by Crippen LogP contribution is -2.30. The maximum atomic E-state index is 12.9. The summed E-state index contributed by atoms with van der Waals surface area (Å²) < 4.78 is 11.6. The highest BCUT2D eigenvalue weighted by atomic mass is 35.5. The maximum absolute atomic E-state index is 12.9. The molecule has 0 unspecified atom stereocenters. The van der Waals surface area contributed by atoms with Gasteiger partial charge in [0.15, 0.2) is 11.5 Å². The van der Waals surface area contributed by atoms with Gasteiger partial charge in [0.25, 0.3) is 5.91 Å². The number of aromatic carboxylic acids is 1. The molecule has 1 heterocycles. The van der Waals surface area contributed by atoms with Crippen molar-refractivity contribution in [3.63, 3.8) is 0 Å². The Morgan fingerprint density at radius 1 is 1.03 bits per heavy atom. The summed E-state index contributed by atoms with van der Waals surface area (Å²) in [6, 6.07) is 17.5. The zero-order valence-corrected chi connectivity index (χ0v) is 19.4. The van der Waals surface area contributed by atoms with Crippen LogP contribution in [0.4, 0.5) is 10.5 Å². The Bertz CT molecular complexity index is 1320. The molecular formula is C26H21ClN2O6. The van der Waals surface area contributed by atoms with Crippen LogP contribution in [0, 0.1) is 0 Å². The molecular weight excluding hydrogens is 472 g/mol. The third-order valence-corrected chi connectivity index (χ3v) is 5.35. The molecule has 0 spiro atoms. The molecule has 8 nitrogen and oxygen atoms in total. The maximum Gasteiger partial charge on any atom is 0.335 e. The van der Waals surface area contributed by atoms with Crippen molar-refractivity contribution in [2.75, 3.05) is 11.5 Å². The van der Waals surface area contributed by atoms with Crippen LogP contribution in [0.15, 0.2) is 72.4 Å². The Morgan fingerprint density at radius 2 is 1.80 bits per heavy atom. The average Bonchev–Trinajstić information content (AvgIpc) is 3.11. The standard InChI is InChI=1S/C26H21ClN2O6/c1-2-34-23-13-17(8-11-22(23)35-15-16-6-9-18(10-7-16)25(31)32)12-21-24(30)29(26(33)28-21)20-5-3-4-19(27)14-20/h3-14H,2,15H2,1H3,(H,28,33)(H,31,32). The Labute approximate surface area is 206 Å². The molecule has 0 radical (unpaired) electrons. The molecule has 1 fully saturated rings. The highest BCUT2D eigenvalue weighted by Gasteiger charge is 2.35. The minimum absolute atomic E-state index is 0.115. The van der Waals surface area contributed by atoms with Crippen LogP contribution < -0.4 is 19.7 Å². The van der Waals surface area contributed by atoms with Crippen molar-refractivity contribution in [2.24, 2.45) is 0 Å². The second-order valence-electron chi connectivity index (χ2n) is 7.54. The number of amides is 3. The van der Waals surface area contributed by atoms with Gasteiger partial charge in [0.1, 0.15) is 12.3 Å². The molecule has 3 amide bonds. The Kier molecular flexibility index (Phi) is 7.03. The Hall–Kier alpha value is -4.30. The van der Waals surface area contributed by atoms with Crippen molar-refractivity contribution in [2.45, 2.75) is 13.5 Å². The van der Waals surface area contributed by atoms with E-state index in [4.69, 9.17) is 26.2 Å². The van der Waals surface area contributed by atoms with Gasteiger partial charge in [-0.05, 0) is 66.6 Å². The minimum atomic E-state index is -0.992. The summed E-state index contributed by atoms with van der Waals surface area (Å²) in [5, 5.41) is 12.0. The SMILES string of the molecule is CCOc1cc(C=C2NC(=O)N(c3cccc(Cl)c3)C2=O)ccc1OCc1ccc(C(=O)O)cc1. The molecule has 0 aliphatic carbocycles. The lowest BCUT2D eigenvalue weighted by atomic mass is 10.1. The molecule has 2 N–H and O–H groups in total. The van der Waals surface area contributed by atoms with Gasteiger partial charge >= 0.3 is 12.0 Å². The lowest BCUT2D eigenvalue weighted by Gasteiger charge is -2.13. The summed E-state index contributed by atoms with van der Waals surface area (Å²) in [5.41, 5.74) is 2.11. The fraction of sp³-hybridized carbons (Fsp3) is 0.115. The highest BCUT2D eigenvalue weighted by Crippen LogP contribution is 2.31. The van der Waals surface area contributed by atoms with E-state index in [9.17, 15) is 14.4 Å². The quantitative estimate of drug-likeness (QED) is 0.334. The average molecular weight is 493 g/mol. The molecule has 0 atom stereocenters. The van der Waals surface area contributed by atoms with Crippen LogP contribution >= 0.6 is 11.6 Å². The van der Waals surface area contributed by atoms with Gasteiger partial charge in [0, 0.05) is 5.02 Å². The third-order valence-electron chi connectivity index (χ3n) is 5.12. The summed E-state index contributed by atoms with van der Waals surface area (Å²) in [6.07, 6.45) is 1.56. The molecule has 1 aliphatic heterocycles. The molecule has 0 aromatic heterocycles. The third kappa shape index (κ3) is 5.44. The van der Waals surface area contributed by atoms with E-state index in [0.29, 0.717) is 34.4 Å². The van der Waals surface area contributed by atoms with E-state index in [-0.39, 0.29) is 17.9 Å². The number of nitrogens with one attached hydrogen (secondary N) is 1. The van der Waals surface area contributed by atoms with Crippen LogP contribution in [0.3, 0.4) is 0 Å². The van der Waals surface area contributed by atoms with Crippen molar-refractivity contribution >= 4 is 41.3 Å². The van der Waals surface area contributed by atoms with Gasteiger partial charge in [-0.2, -0.15) is 0 Å². The number of urea groups is 1. The van der Waals surface area contributed by atoms with Gasteiger partial charge in [-0.3, -0.25) is 4.79 Å². The number of hydrogen-bond acceptors (Lipinski definition) is 5. The van der Waals surface area contributed by atoms with Crippen LogP contribution in [0.2, 0.25) is 5.02 Å². The van der Waals surface area contributed by atoms with Crippen LogP contribution in [-0.4, -0.2) is 29.6 Å². The van der Waals surface area contributed by atoms with Crippen molar-refractivity contribution in [3.8, 4) is 11.5 Å². The van der Waals surface area contributed by atoms with Gasteiger partial charge in [0.2, 0.25) is 0 Å². The van der Waals surface area contributed by atoms with Gasteiger partial charge in [-0.15, -0.1) is 0 Å². The molecule has 35 heavy (non-hydrogen) atoms. The molecule has 3 aromatic rings. The fourth-order valence-electron chi connectivity index (χ4n) is 3.46. The number of imide groups is 1. The second-order valence-corrected chi connectivity index (χ2v) is 7.97. The summed E-state index contributed by atoms with van der Waals surface area (Å²) in [4.78, 5) is 37.3. The van der Waals surface area contributed by atoms with Crippen LogP contribution in [0.25, 0.3) is 6.08 Å². The molecule has 3 aromatic carbocycles. The van der Waals surface area contributed by atoms with E-state index in [1.165, 1.54) is 18.2 Å². The van der Waals surface area contributed by atoms with Crippen LogP contribution in [-0.2, 0) is 11.4 Å². The van der Waals surface area contributed by atoms with Gasteiger partial charge in [-0.1, -0.05) is 35.9 Å². The van der Waals surface area contributed by atoms with Gasteiger partial charge in [0.05, 0.1) is 17.9 Å². The van der Waals surface area contributed by atoms with E-state index < -0.39 is 17.9 Å². The highest BCUT2D eigenvalue weighted by molar-refractivity contribution is 6.32. The van der Waals surface area contributed by atoms with Gasteiger partial charge < -0.3 is 19.9 Å². The van der Waals surface area contributed by atoms with Crippen LogP contribution in [0.1, 0.15) is 28.4 Å². The second kappa shape index (κ2) is 10.3. The number of hydrogen-bond donors (Lipinski definition) is 2. The van der Waals surface area contributed by atoms with Gasteiger partial charge in [-0.25, -0.2) is 14.5 Å². The number of carbonyl (C=O) groups is 3. The number of halogens is 1. The zero-order chi connectivity index (χ0) is 24.9. The van der Waals surface area contributed by atoms with Crippen LogP contribution in [0.5, 0.6) is 11.5 Å². The molecule has 0 saturated carbocycles. The number of anilines is 1. The summed E-state index contributed by atoms with van der Waals surface area (Å²) in [6.45, 7) is 2.44. The van der Waals surface area contributed by atoms with Crippen molar-refractivity contribution in [1.29, 1.82) is 0 Å². The predicted molar refractivity (Wildman–Crippen MR) is 131 cm³/mol. The first-order chi connectivity index (χ1) is 16.9. The molecule has 4 rings (SSSR count). The number of nitrogens with zero attached hydrogens (tertiary/aromatic N) is 1. The first kappa shape index (κ1) is 23.8. The monoisotopic (exact) mass is 492 g/mol. The number of rotatable bonds is 8. The lowest BCUT2D eigenvalue weighted by molar-refractivity contribution is -0.113. The smallest absolute Gasteiger partial charge is 0.335 e. The van der Waals surface area contributed by atoms with E-state index in [1.54, 1.807) is 54.6 Å². The minimum Gasteiger partial charge on any atom is -0.490 e. The number of ether oxygens (including phenoxy) is 2. The molecule has 0 bridgehead atoms. The molecule has 1 aliphatic rings. The normalized spacial score (nSPS) is 14.2. The first-order valence-corrected chi connectivity index (χ1v) is 11.1. The number of carboxylic acids is 1. The van der Waals surface area contributed by atoms with E-state index in [0.717, 1.165) is 10.5 Å². The predicted octanol–water partition coefficient (Wildman–Crippen LogP) is 5.11. The van der Waals surface area contributed by atoms with E-state index in [2.05, 4.69) is 5.32 Å². The number of carboxylic acid groups (broad SMARTS) is 1. The fourth-order valence-corrected chi connectivity index (χ4v) is 3.64. The Morgan fingerprint density at radius 3 is 2.49 bits per heavy atom. The van der Waals surface area contributed by atoms with E-state index in [1.807, 2.05) is 6.92 Å². The van der Waals surface area contributed by atoms with Crippen molar-refractivity contribution < 1.29 is 29.0 Å². The number of carbonyl (C=O) groups excluding carboxylic acids is 2. The van der Waals surface area contributed by atoms with E-state index >= 15 is 0 Å². The number of benzene rings is 3. The zero-order valence-electron chi connectivity index (χ0n) is 18.7. The molecule has 178 valence electrons. The summed E-state index contributed by atoms with van der Waals surface area (Å²) >= 11 is 6.00. The summed E-state index contributed by atoms with van der Waals surface area (Å²) in [5.74, 6) is -0.542. The van der Waals surface area contributed by atoms with Crippen molar-refractivity contribution in [1.82, 2.24) is 5.32 Å².